The Morgan fingerprint density at radius 1 is 1.53 bits per heavy atom. The van der Waals surface area contributed by atoms with Gasteiger partial charge in [-0.15, -0.1) is 0 Å². The minimum Gasteiger partial charge on any atom is -0.351 e. The van der Waals surface area contributed by atoms with Crippen molar-refractivity contribution in [1.82, 2.24) is 4.98 Å². The van der Waals surface area contributed by atoms with Gasteiger partial charge in [-0.2, -0.15) is 0 Å². The van der Waals surface area contributed by atoms with Crippen LogP contribution in [-0.4, -0.2) is 23.0 Å². The van der Waals surface area contributed by atoms with Gasteiger partial charge in [-0.3, -0.25) is 10.1 Å². The van der Waals surface area contributed by atoms with Crippen molar-refractivity contribution in [3.63, 3.8) is 0 Å². The summed E-state index contributed by atoms with van der Waals surface area (Å²) in [6.45, 7) is 6.21. The average Bonchev–Trinajstić information content (AvgIpc) is 2.89. The maximum absolute atomic E-state index is 11.0. The number of nitrogens with zero attached hydrogens (tertiary/aromatic N) is 3. The second-order valence-corrected chi connectivity index (χ2v) is 5.17. The lowest BCUT2D eigenvalue weighted by Crippen LogP contribution is -2.24. The first-order chi connectivity index (χ1) is 9.17. The molecule has 5 heteroatoms. The summed E-state index contributed by atoms with van der Waals surface area (Å²) in [5, 5.41) is 11.0. The molecule has 1 aromatic heterocycles. The van der Waals surface area contributed by atoms with Crippen molar-refractivity contribution in [1.29, 1.82) is 0 Å². The molecular formula is C14H21N3O2. The van der Waals surface area contributed by atoms with Gasteiger partial charge in [-0.25, -0.2) is 4.98 Å². The monoisotopic (exact) mass is 263 g/mol. The largest absolute Gasteiger partial charge is 0.351 e. The second-order valence-electron chi connectivity index (χ2n) is 5.17. The fraction of sp³-hybridized carbons (Fsp3) is 0.643. The van der Waals surface area contributed by atoms with E-state index in [1.807, 2.05) is 0 Å². The van der Waals surface area contributed by atoms with Crippen molar-refractivity contribution in [3.05, 3.63) is 28.4 Å². The first-order valence-electron chi connectivity index (χ1n) is 7.01. The summed E-state index contributed by atoms with van der Waals surface area (Å²) in [5.41, 5.74) is 0.118. The summed E-state index contributed by atoms with van der Waals surface area (Å²) in [5.74, 6) is 1.88. The molecule has 0 amide bonds. The van der Waals surface area contributed by atoms with Crippen LogP contribution in [0.2, 0.25) is 0 Å². The first kappa shape index (κ1) is 13.8. The fourth-order valence-corrected chi connectivity index (χ4v) is 3.09. The van der Waals surface area contributed by atoms with Crippen LogP contribution in [0.1, 0.15) is 33.1 Å². The summed E-state index contributed by atoms with van der Waals surface area (Å²) in [6, 6.07) is 3.16. The smallest absolute Gasteiger partial charge is 0.311 e. The van der Waals surface area contributed by atoms with Crippen LogP contribution in [0.25, 0.3) is 0 Å². The molecule has 1 aliphatic heterocycles. The number of nitro groups is 1. The van der Waals surface area contributed by atoms with Crippen molar-refractivity contribution >= 4 is 11.5 Å². The van der Waals surface area contributed by atoms with Crippen LogP contribution >= 0.6 is 0 Å². The molecule has 2 rings (SSSR count). The minimum absolute atomic E-state index is 0.118. The molecule has 0 saturated carbocycles. The van der Waals surface area contributed by atoms with Crippen LogP contribution in [0.5, 0.6) is 0 Å². The standard InChI is InChI=1S/C14H21N3O2/c1-3-11(4-2)12-7-9-16(10-12)14-13(17(18)19)6-5-8-15-14/h5-6,8,11-12H,3-4,7,9-10H2,1-2H3. The highest BCUT2D eigenvalue weighted by molar-refractivity contribution is 5.57. The number of hydrogen-bond acceptors (Lipinski definition) is 4. The van der Waals surface area contributed by atoms with E-state index in [0.717, 1.165) is 19.5 Å². The van der Waals surface area contributed by atoms with Crippen LogP contribution in [0.3, 0.4) is 0 Å². The summed E-state index contributed by atoms with van der Waals surface area (Å²) in [7, 11) is 0. The number of hydrogen-bond donors (Lipinski definition) is 0. The van der Waals surface area contributed by atoms with Crippen molar-refractivity contribution < 1.29 is 4.92 Å². The number of rotatable bonds is 5. The highest BCUT2D eigenvalue weighted by Crippen LogP contribution is 2.34. The summed E-state index contributed by atoms with van der Waals surface area (Å²) in [4.78, 5) is 17.0. The quantitative estimate of drug-likeness (QED) is 0.604. The topological polar surface area (TPSA) is 59.3 Å². The molecule has 0 aliphatic carbocycles. The van der Waals surface area contributed by atoms with Gasteiger partial charge in [0, 0.05) is 25.4 Å². The zero-order chi connectivity index (χ0) is 13.8. The molecule has 0 aromatic carbocycles. The van der Waals surface area contributed by atoms with E-state index < -0.39 is 0 Å². The molecule has 1 aliphatic rings. The van der Waals surface area contributed by atoms with Gasteiger partial charge in [-0.05, 0) is 24.3 Å². The Bertz CT molecular complexity index is 446. The summed E-state index contributed by atoms with van der Waals surface area (Å²) < 4.78 is 0. The van der Waals surface area contributed by atoms with Gasteiger partial charge < -0.3 is 4.90 Å². The Labute approximate surface area is 113 Å². The van der Waals surface area contributed by atoms with Crippen molar-refractivity contribution in [3.8, 4) is 0 Å². The lowest BCUT2D eigenvalue weighted by molar-refractivity contribution is -0.384. The molecule has 0 radical (unpaired) electrons. The van der Waals surface area contributed by atoms with E-state index >= 15 is 0 Å². The number of aromatic nitrogens is 1. The third-order valence-electron chi connectivity index (χ3n) is 4.20. The number of pyridine rings is 1. The molecular weight excluding hydrogens is 242 g/mol. The lowest BCUT2D eigenvalue weighted by Gasteiger charge is -2.21. The molecule has 0 N–H and O–H groups in total. The van der Waals surface area contributed by atoms with E-state index in [0.29, 0.717) is 17.7 Å². The van der Waals surface area contributed by atoms with Crippen LogP contribution in [0, 0.1) is 22.0 Å². The molecule has 1 aromatic rings. The Hall–Kier alpha value is -1.65. The van der Waals surface area contributed by atoms with Gasteiger partial charge in [0.25, 0.3) is 0 Å². The molecule has 1 saturated heterocycles. The summed E-state index contributed by atoms with van der Waals surface area (Å²) >= 11 is 0. The third kappa shape index (κ3) is 2.85. The van der Waals surface area contributed by atoms with Crippen LogP contribution in [-0.2, 0) is 0 Å². The van der Waals surface area contributed by atoms with E-state index in [4.69, 9.17) is 0 Å². The maximum atomic E-state index is 11.0. The molecule has 1 fully saturated rings. The highest BCUT2D eigenvalue weighted by Gasteiger charge is 2.31. The van der Waals surface area contributed by atoms with Crippen LogP contribution in [0.15, 0.2) is 18.3 Å². The van der Waals surface area contributed by atoms with E-state index in [-0.39, 0.29) is 10.6 Å². The molecule has 19 heavy (non-hydrogen) atoms. The van der Waals surface area contributed by atoms with Gasteiger partial charge in [0.15, 0.2) is 0 Å². The SMILES string of the molecule is CCC(CC)C1CCN(c2ncccc2[N+](=O)[O-])C1. The molecule has 0 bridgehead atoms. The van der Waals surface area contributed by atoms with Gasteiger partial charge in [-0.1, -0.05) is 26.7 Å². The van der Waals surface area contributed by atoms with Crippen LogP contribution < -0.4 is 4.90 Å². The predicted molar refractivity (Wildman–Crippen MR) is 75.3 cm³/mol. The Kier molecular flexibility index (Phi) is 4.35. The molecule has 2 heterocycles. The van der Waals surface area contributed by atoms with E-state index in [1.165, 1.54) is 18.9 Å². The maximum Gasteiger partial charge on any atom is 0.311 e. The van der Waals surface area contributed by atoms with E-state index in [1.54, 1.807) is 12.3 Å². The molecule has 0 spiro atoms. The van der Waals surface area contributed by atoms with E-state index in [2.05, 4.69) is 23.7 Å². The highest BCUT2D eigenvalue weighted by atomic mass is 16.6. The van der Waals surface area contributed by atoms with Gasteiger partial charge >= 0.3 is 5.69 Å². The molecule has 1 atom stereocenters. The average molecular weight is 263 g/mol. The third-order valence-corrected chi connectivity index (χ3v) is 4.20. The zero-order valence-electron chi connectivity index (χ0n) is 11.6. The molecule has 5 nitrogen and oxygen atoms in total. The minimum atomic E-state index is -0.340. The van der Waals surface area contributed by atoms with Crippen molar-refractivity contribution in [2.24, 2.45) is 11.8 Å². The molecule has 1 unspecified atom stereocenters. The van der Waals surface area contributed by atoms with Gasteiger partial charge in [0.1, 0.15) is 0 Å². The van der Waals surface area contributed by atoms with Crippen LogP contribution in [0.4, 0.5) is 11.5 Å². The Morgan fingerprint density at radius 3 is 2.89 bits per heavy atom. The Morgan fingerprint density at radius 2 is 2.26 bits per heavy atom. The first-order valence-corrected chi connectivity index (χ1v) is 7.01. The zero-order valence-corrected chi connectivity index (χ0v) is 11.6. The van der Waals surface area contributed by atoms with Gasteiger partial charge in [0.05, 0.1) is 4.92 Å². The summed E-state index contributed by atoms with van der Waals surface area (Å²) in [6.07, 6.45) is 5.10. The predicted octanol–water partition coefficient (Wildman–Crippen LogP) is 3.25. The van der Waals surface area contributed by atoms with Gasteiger partial charge in [0.2, 0.25) is 5.82 Å². The van der Waals surface area contributed by atoms with Crippen molar-refractivity contribution in [2.45, 2.75) is 33.1 Å². The van der Waals surface area contributed by atoms with E-state index in [9.17, 15) is 10.1 Å². The number of anilines is 1. The molecule has 104 valence electrons. The fourth-order valence-electron chi connectivity index (χ4n) is 3.09. The van der Waals surface area contributed by atoms with Crippen molar-refractivity contribution in [2.75, 3.05) is 18.0 Å². The second kappa shape index (κ2) is 5.99. The Balaban J connectivity index is 2.15. The lowest BCUT2D eigenvalue weighted by atomic mass is 9.87. The normalized spacial score (nSPS) is 19.1.